The molecule has 0 aliphatic rings. The van der Waals surface area contributed by atoms with E-state index in [-0.39, 0.29) is 17.9 Å². The molecule has 0 aliphatic heterocycles. The van der Waals surface area contributed by atoms with Gasteiger partial charge >= 0.3 is 0 Å². The van der Waals surface area contributed by atoms with Gasteiger partial charge in [0.2, 0.25) is 5.82 Å². The largest absolute Gasteiger partial charge is 0.491 e. The Balaban J connectivity index is 2.11. The summed E-state index contributed by atoms with van der Waals surface area (Å²) in [6.45, 7) is 4.19. The average molecular weight is 328 g/mol. The maximum Gasteiger partial charge on any atom is 0.201 e. The van der Waals surface area contributed by atoms with E-state index < -0.39 is 11.6 Å². The Morgan fingerprint density at radius 3 is 2.29 bits per heavy atom. The van der Waals surface area contributed by atoms with Crippen LogP contribution in [0.2, 0.25) is 0 Å². The van der Waals surface area contributed by atoms with E-state index >= 15 is 0 Å². The van der Waals surface area contributed by atoms with Gasteiger partial charge in [-0.15, -0.1) is 0 Å². The first-order chi connectivity index (χ1) is 11.7. The minimum Gasteiger partial charge on any atom is -0.491 e. The maximum atomic E-state index is 14.0. The Morgan fingerprint density at radius 1 is 0.875 bits per heavy atom. The van der Waals surface area contributed by atoms with Gasteiger partial charge in [-0.3, -0.25) is 0 Å². The van der Waals surface area contributed by atoms with E-state index in [1.807, 2.05) is 24.3 Å². The van der Waals surface area contributed by atoms with E-state index in [1.54, 1.807) is 6.92 Å². The first-order valence-corrected chi connectivity index (χ1v) is 8.37. The molecule has 0 aliphatic carbocycles. The van der Waals surface area contributed by atoms with Crippen LogP contribution in [0.15, 0.2) is 36.4 Å². The number of hydrogen-bond donors (Lipinski definition) is 0. The van der Waals surface area contributed by atoms with Crippen LogP contribution in [0.25, 0.3) is 0 Å². The molecule has 1 nitrogen and oxygen atoms in total. The lowest BCUT2D eigenvalue weighted by Gasteiger charge is -2.05. The Bertz CT molecular complexity index is 724. The van der Waals surface area contributed by atoms with E-state index in [2.05, 4.69) is 18.8 Å². The van der Waals surface area contributed by atoms with Crippen LogP contribution in [-0.4, -0.2) is 6.61 Å². The van der Waals surface area contributed by atoms with Crippen molar-refractivity contribution >= 4 is 0 Å². The molecular weight excluding hydrogens is 306 g/mol. The van der Waals surface area contributed by atoms with Crippen molar-refractivity contribution in [2.24, 2.45) is 0 Å². The Labute approximate surface area is 142 Å². The highest BCUT2D eigenvalue weighted by Gasteiger charge is 2.12. The molecule has 2 aromatic rings. The van der Waals surface area contributed by atoms with Crippen LogP contribution in [0.5, 0.6) is 5.75 Å². The van der Waals surface area contributed by atoms with Crippen LogP contribution >= 0.6 is 0 Å². The van der Waals surface area contributed by atoms with Gasteiger partial charge in [0.15, 0.2) is 11.6 Å². The second-order valence-electron chi connectivity index (χ2n) is 5.58. The number of unbranched alkanes of at least 4 members (excludes halogenated alkanes) is 2. The summed E-state index contributed by atoms with van der Waals surface area (Å²) in [6.07, 6.45) is 4.66. The third kappa shape index (κ3) is 4.83. The summed E-state index contributed by atoms with van der Waals surface area (Å²) in [5, 5.41) is 0. The van der Waals surface area contributed by atoms with Gasteiger partial charge in [-0.1, -0.05) is 43.7 Å². The highest BCUT2D eigenvalue weighted by Crippen LogP contribution is 2.22. The number of hydrogen-bond acceptors (Lipinski definition) is 1. The van der Waals surface area contributed by atoms with Crippen molar-refractivity contribution in [3.05, 3.63) is 64.7 Å². The predicted octanol–water partition coefficient (Wildman–Crippen LogP) is 5.50. The lowest BCUT2D eigenvalue weighted by molar-refractivity contribution is 0.314. The van der Waals surface area contributed by atoms with E-state index in [9.17, 15) is 8.78 Å². The lowest BCUT2D eigenvalue weighted by atomic mass is 10.1. The first kappa shape index (κ1) is 18.0. The highest BCUT2D eigenvalue weighted by molar-refractivity contribution is 5.46. The van der Waals surface area contributed by atoms with Gasteiger partial charge in [0, 0.05) is 5.56 Å². The smallest absolute Gasteiger partial charge is 0.201 e. The van der Waals surface area contributed by atoms with Crippen molar-refractivity contribution in [3.8, 4) is 17.6 Å². The normalized spacial score (nSPS) is 10.2. The van der Waals surface area contributed by atoms with Crippen molar-refractivity contribution in [2.45, 2.75) is 39.5 Å². The molecule has 0 saturated heterocycles. The molecule has 24 heavy (non-hydrogen) atoms. The molecule has 0 fully saturated rings. The standard InChI is InChI=1S/C21H22F2O/c1-3-5-6-7-16-8-10-17(11-9-16)12-13-18-14-15-19(24-4-2)21(23)20(18)22/h8-11,14-15H,3-7H2,1-2H3. The van der Waals surface area contributed by atoms with Crippen molar-refractivity contribution in [1.29, 1.82) is 0 Å². The van der Waals surface area contributed by atoms with E-state index in [0.29, 0.717) is 0 Å². The molecule has 0 heterocycles. The van der Waals surface area contributed by atoms with Crippen LogP contribution in [0.3, 0.4) is 0 Å². The quantitative estimate of drug-likeness (QED) is 0.503. The number of aryl methyl sites for hydroxylation is 1. The van der Waals surface area contributed by atoms with Gasteiger partial charge in [-0.25, -0.2) is 4.39 Å². The molecule has 0 radical (unpaired) electrons. The molecule has 0 atom stereocenters. The molecule has 3 heteroatoms. The topological polar surface area (TPSA) is 9.23 Å². The lowest BCUT2D eigenvalue weighted by Crippen LogP contribution is -1.98. The second-order valence-corrected chi connectivity index (χ2v) is 5.58. The van der Waals surface area contributed by atoms with Gasteiger partial charge in [-0.2, -0.15) is 4.39 Å². The van der Waals surface area contributed by atoms with E-state index in [0.717, 1.165) is 12.0 Å². The van der Waals surface area contributed by atoms with Crippen LogP contribution in [0.4, 0.5) is 8.78 Å². The molecular formula is C21H22F2O. The summed E-state index contributed by atoms with van der Waals surface area (Å²) in [4.78, 5) is 0. The molecule has 0 spiro atoms. The van der Waals surface area contributed by atoms with Gasteiger partial charge < -0.3 is 4.74 Å². The fraction of sp³-hybridized carbons (Fsp3) is 0.333. The van der Waals surface area contributed by atoms with Gasteiger partial charge in [0.25, 0.3) is 0 Å². The average Bonchev–Trinajstić information content (AvgIpc) is 2.60. The second kappa shape index (κ2) is 9.08. The van der Waals surface area contributed by atoms with Crippen LogP contribution in [0, 0.1) is 23.5 Å². The molecule has 0 saturated carbocycles. The Morgan fingerprint density at radius 2 is 1.62 bits per heavy atom. The molecule has 0 amide bonds. The van der Waals surface area contributed by atoms with Gasteiger partial charge in [-0.05, 0) is 49.6 Å². The molecule has 2 aromatic carbocycles. The van der Waals surface area contributed by atoms with Crippen LogP contribution in [-0.2, 0) is 6.42 Å². The number of rotatable bonds is 6. The molecule has 2 rings (SSSR count). The zero-order valence-corrected chi connectivity index (χ0v) is 14.2. The summed E-state index contributed by atoms with van der Waals surface area (Å²) in [5.41, 5.74) is 2.08. The predicted molar refractivity (Wildman–Crippen MR) is 93.2 cm³/mol. The number of ether oxygens (including phenoxy) is 1. The summed E-state index contributed by atoms with van der Waals surface area (Å²) < 4.78 is 32.8. The van der Waals surface area contributed by atoms with E-state index in [1.165, 1.54) is 37.0 Å². The fourth-order valence-corrected chi connectivity index (χ4v) is 2.37. The minimum absolute atomic E-state index is 0.0305. The maximum absolute atomic E-state index is 14.0. The first-order valence-electron chi connectivity index (χ1n) is 8.37. The summed E-state index contributed by atoms with van der Waals surface area (Å²) in [5.74, 6) is 3.52. The monoisotopic (exact) mass is 328 g/mol. The van der Waals surface area contributed by atoms with Crippen molar-refractivity contribution < 1.29 is 13.5 Å². The Hall–Kier alpha value is -2.34. The van der Waals surface area contributed by atoms with Gasteiger partial charge in [0.05, 0.1) is 12.2 Å². The summed E-state index contributed by atoms with van der Waals surface area (Å²) in [6, 6.07) is 10.7. The SMILES string of the molecule is CCCCCc1ccc(C#Cc2ccc(OCC)c(F)c2F)cc1. The summed E-state index contributed by atoms with van der Waals surface area (Å²) >= 11 is 0. The minimum atomic E-state index is -0.991. The number of benzene rings is 2. The molecule has 0 bridgehead atoms. The number of halogens is 2. The molecule has 126 valence electrons. The van der Waals surface area contributed by atoms with E-state index in [4.69, 9.17) is 4.74 Å². The van der Waals surface area contributed by atoms with Crippen molar-refractivity contribution in [2.75, 3.05) is 6.61 Å². The summed E-state index contributed by atoms with van der Waals surface area (Å²) in [7, 11) is 0. The fourth-order valence-electron chi connectivity index (χ4n) is 2.37. The van der Waals surface area contributed by atoms with Crippen molar-refractivity contribution in [1.82, 2.24) is 0 Å². The zero-order valence-electron chi connectivity index (χ0n) is 14.2. The molecule has 0 N–H and O–H groups in total. The van der Waals surface area contributed by atoms with Crippen LogP contribution < -0.4 is 4.74 Å². The van der Waals surface area contributed by atoms with Crippen molar-refractivity contribution in [3.63, 3.8) is 0 Å². The van der Waals surface area contributed by atoms with Crippen LogP contribution in [0.1, 0.15) is 49.8 Å². The zero-order chi connectivity index (χ0) is 17.4. The third-order valence-corrected chi connectivity index (χ3v) is 3.71. The molecule has 0 aromatic heterocycles. The van der Waals surface area contributed by atoms with Gasteiger partial charge in [0.1, 0.15) is 0 Å². The third-order valence-electron chi connectivity index (χ3n) is 3.71. The molecule has 0 unspecified atom stereocenters. The highest BCUT2D eigenvalue weighted by atomic mass is 19.2. The Kier molecular flexibility index (Phi) is 6.81.